The average molecular weight is 544 g/mol. The van der Waals surface area contributed by atoms with Crippen molar-refractivity contribution < 1.29 is 22.7 Å². The number of hydrogen-bond donors (Lipinski definition) is 2. The minimum absolute atomic E-state index is 0.153. The van der Waals surface area contributed by atoms with E-state index in [2.05, 4.69) is 10.6 Å². The fourth-order valence-corrected chi connectivity index (χ4v) is 5.25. The number of ether oxygens (including phenoxy) is 1. The Balaban J connectivity index is 1.45. The maximum Gasteiger partial charge on any atom is 0.264 e. The fourth-order valence-electron chi connectivity index (χ4n) is 3.80. The Morgan fingerprint density at radius 1 is 0.769 bits per heavy atom. The van der Waals surface area contributed by atoms with Gasteiger partial charge in [-0.25, -0.2) is 8.42 Å². The number of nitrogens with one attached hydrogen (secondary N) is 2. The van der Waals surface area contributed by atoms with Crippen LogP contribution in [-0.2, 0) is 26.2 Å². The lowest BCUT2D eigenvalue weighted by atomic mass is 10.2. The zero-order valence-electron chi connectivity index (χ0n) is 21.6. The van der Waals surface area contributed by atoms with Gasteiger partial charge >= 0.3 is 0 Å². The Labute approximate surface area is 228 Å². The van der Waals surface area contributed by atoms with E-state index >= 15 is 0 Å². The molecule has 0 aliphatic heterocycles. The van der Waals surface area contributed by atoms with Crippen molar-refractivity contribution >= 4 is 38.9 Å². The molecule has 0 spiro atoms. The summed E-state index contributed by atoms with van der Waals surface area (Å²) in [6.07, 6.45) is 0. The molecule has 0 aliphatic rings. The lowest BCUT2D eigenvalue weighted by Crippen LogP contribution is -2.30. The van der Waals surface area contributed by atoms with Crippen molar-refractivity contribution in [1.82, 2.24) is 0 Å². The third kappa shape index (κ3) is 7.45. The lowest BCUT2D eigenvalue weighted by molar-refractivity contribution is -0.118. The smallest absolute Gasteiger partial charge is 0.264 e. The van der Waals surface area contributed by atoms with Crippen molar-refractivity contribution in [2.45, 2.75) is 25.3 Å². The summed E-state index contributed by atoms with van der Waals surface area (Å²) in [6, 6.07) is 29.4. The monoisotopic (exact) mass is 543 g/mol. The van der Waals surface area contributed by atoms with E-state index in [9.17, 15) is 18.0 Å². The van der Waals surface area contributed by atoms with E-state index in [0.717, 1.165) is 11.1 Å². The molecule has 4 aromatic rings. The van der Waals surface area contributed by atoms with Crippen LogP contribution in [0, 0.1) is 6.92 Å². The van der Waals surface area contributed by atoms with Crippen LogP contribution in [-0.4, -0.2) is 26.8 Å². The van der Waals surface area contributed by atoms with Crippen LogP contribution in [0.25, 0.3) is 0 Å². The van der Waals surface area contributed by atoms with Gasteiger partial charge in [0.05, 0.1) is 17.1 Å². The van der Waals surface area contributed by atoms with Crippen LogP contribution in [0.3, 0.4) is 0 Å². The van der Waals surface area contributed by atoms with Crippen molar-refractivity contribution in [3.8, 4) is 5.75 Å². The van der Waals surface area contributed by atoms with E-state index in [1.807, 2.05) is 37.3 Å². The summed E-state index contributed by atoms with van der Waals surface area (Å²) in [5, 5.41) is 5.39. The number of carbonyl (C=O) groups excluding carboxylic acids is 2. The summed E-state index contributed by atoms with van der Waals surface area (Å²) in [6.45, 7) is 3.24. The van der Waals surface area contributed by atoms with Gasteiger partial charge in [0, 0.05) is 18.3 Å². The highest BCUT2D eigenvalue weighted by Gasteiger charge is 2.25. The zero-order chi connectivity index (χ0) is 27.8. The van der Waals surface area contributed by atoms with Crippen molar-refractivity contribution in [2.24, 2.45) is 0 Å². The van der Waals surface area contributed by atoms with Crippen molar-refractivity contribution in [3.63, 3.8) is 0 Å². The molecule has 0 fully saturated rings. The van der Waals surface area contributed by atoms with Crippen LogP contribution in [0.2, 0.25) is 0 Å². The van der Waals surface area contributed by atoms with Gasteiger partial charge in [-0.05, 0) is 73.2 Å². The van der Waals surface area contributed by atoms with Crippen LogP contribution in [0.1, 0.15) is 18.1 Å². The van der Waals surface area contributed by atoms with Gasteiger partial charge < -0.3 is 15.4 Å². The maximum absolute atomic E-state index is 13.6. The van der Waals surface area contributed by atoms with Gasteiger partial charge in [-0.2, -0.15) is 0 Å². The molecule has 0 aliphatic carbocycles. The maximum atomic E-state index is 13.6. The molecule has 4 rings (SSSR count). The molecule has 0 radical (unpaired) electrons. The molecule has 0 bridgehead atoms. The quantitative estimate of drug-likeness (QED) is 0.280. The first kappa shape index (κ1) is 27.4. The Hall–Kier alpha value is -4.63. The van der Waals surface area contributed by atoms with Crippen LogP contribution >= 0.6 is 0 Å². The molecule has 0 saturated heterocycles. The van der Waals surface area contributed by atoms with E-state index < -0.39 is 10.0 Å². The zero-order valence-corrected chi connectivity index (χ0v) is 22.4. The highest BCUT2D eigenvalue weighted by atomic mass is 32.2. The molecule has 2 N–H and O–H groups in total. The third-order valence-corrected chi connectivity index (χ3v) is 7.55. The van der Waals surface area contributed by atoms with Crippen molar-refractivity contribution in [3.05, 3.63) is 114 Å². The second-order valence-electron chi connectivity index (χ2n) is 8.90. The molecular formula is C30H29N3O5S. The molecule has 0 saturated carbocycles. The van der Waals surface area contributed by atoms with Gasteiger partial charge in [0.25, 0.3) is 15.9 Å². The summed E-state index contributed by atoms with van der Waals surface area (Å²) >= 11 is 0. The summed E-state index contributed by atoms with van der Waals surface area (Å²) in [5.74, 6) is -0.122. The molecule has 39 heavy (non-hydrogen) atoms. The molecule has 4 aromatic carbocycles. The van der Waals surface area contributed by atoms with E-state index in [4.69, 9.17) is 4.74 Å². The van der Waals surface area contributed by atoms with Crippen LogP contribution in [0.5, 0.6) is 5.75 Å². The summed E-state index contributed by atoms with van der Waals surface area (Å²) < 4.78 is 34.2. The predicted molar refractivity (Wildman–Crippen MR) is 152 cm³/mol. The highest BCUT2D eigenvalue weighted by molar-refractivity contribution is 7.92. The van der Waals surface area contributed by atoms with Gasteiger partial charge in [-0.3, -0.25) is 13.9 Å². The second-order valence-corrected chi connectivity index (χ2v) is 10.8. The SMILES string of the molecule is CC(=O)Nc1ccc(NC(=O)COc2ccc(N(Cc3ccccc3)S(=O)(=O)c3ccc(C)cc3)cc2)cc1. The number of carbonyl (C=O) groups is 2. The minimum Gasteiger partial charge on any atom is -0.484 e. The number of amides is 2. The Morgan fingerprint density at radius 2 is 1.36 bits per heavy atom. The Bertz CT molecular complexity index is 1520. The van der Waals surface area contributed by atoms with Crippen LogP contribution in [0.15, 0.2) is 108 Å². The average Bonchev–Trinajstić information content (AvgIpc) is 2.92. The first-order valence-electron chi connectivity index (χ1n) is 12.2. The van der Waals surface area contributed by atoms with E-state index in [0.29, 0.717) is 22.8 Å². The molecule has 2 amide bonds. The van der Waals surface area contributed by atoms with Crippen LogP contribution in [0.4, 0.5) is 17.1 Å². The van der Waals surface area contributed by atoms with Gasteiger partial charge in [0.15, 0.2) is 6.61 Å². The van der Waals surface area contributed by atoms with Crippen LogP contribution < -0.4 is 19.7 Å². The number of aryl methyl sites for hydroxylation is 1. The molecule has 200 valence electrons. The van der Waals surface area contributed by atoms with Gasteiger partial charge in [-0.15, -0.1) is 0 Å². The molecule has 0 unspecified atom stereocenters. The topological polar surface area (TPSA) is 105 Å². The van der Waals surface area contributed by atoms with E-state index in [-0.39, 0.29) is 29.9 Å². The second kappa shape index (κ2) is 12.3. The fraction of sp³-hybridized carbons (Fsp3) is 0.133. The van der Waals surface area contributed by atoms with Gasteiger partial charge in [0.1, 0.15) is 5.75 Å². The summed E-state index contributed by atoms with van der Waals surface area (Å²) in [5.41, 5.74) is 3.47. The van der Waals surface area contributed by atoms with Gasteiger partial charge in [-0.1, -0.05) is 48.0 Å². The van der Waals surface area contributed by atoms with Crippen molar-refractivity contribution in [1.29, 1.82) is 0 Å². The standard InChI is InChI=1S/C30H29N3O5S/c1-22-8-18-29(19-9-22)39(36,37)33(20-24-6-4-3-5-7-24)27-14-16-28(17-15-27)38-21-30(35)32-26-12-10-25(11-13-26)31-23(2)34/h3-19H,20-21H2,1-2H3,(H,31,34)(H,32,35). The largest absolute Gasteiger partial charge is 0.484 e. The Kier molecular flexibility index (Phi) is 8.63. The number of benzene rings is 4. The summed E-state index contributed by atoms with van der Waals surface area (Å²) in [4.78, 5) is 23.7. The number of anilines is 3. The van der Waals surface area contributed by atoms with E-state index in [1.165, 1.54) is 11.2 Å². The first-order chi connectivity index (χ1) is 18.7. The first-order valence-corrected chi connectivity index (χ1v) is 13.7. The van der Waals surface area contributed by atoms with Crippen molar-refractivity contribution in [2.75, 3.05) is 21.5 Å². The van der Waals surface area contributed by atoms with Gasteiger partial charge in [0.2, 0.25) is 5.91 Å². The third-order valence-electron chi connectivity index (χ3n) is 5.76. The number of hydrogen-bond acceptors (Lipinski definition) is 5. The molecular weight excluding hydrogens is 514 g/mol. The molecule has 9 heteroatoms. The molecule has 0 atom stereocenters. The summed E-state index contributed by atoms with van der Waals surface area (Å²) in [7, 11) is -3.85. The molecule has 8 nitrogen and oxygen atoms in total. The number of rotatable bonds is 10. The predicted octanol–water partition coefficient (Wildman–Crippen LogP) is 5.37. The molecule has 0 aromatic heterocycles. The number of sulfonamides is 1. The molecule has 0 heterocycles. The minimum atomic E-state index is -3.85. The Morgan fingerprint density at radius 3 is 1.95 bits per heavy atom. The normalized spacial score (nSPS) is 10.9. The lowest BCUT2D eigenvalue weighted by Gasteiger charge is -2.25. The number of nitrogens with zero attached hydrogens (tertiary/aromatic N) is 1. The van der Waals surface area contributed by atoms with E-state index in [1.54, 1.807) is 72.8 Å². The highest BCUT2D eigenvalue weighted by Crippen LogP contribution is 2.28.